The van der Waals surface area contributed by atoms with Gasteiger partial charge in [-0.15, -0.1) is 24.8 Å². The zero-order valence-electron chi connectivity index (χ0n) is 15.8. The topological polar surface area (TPSA) is 81.8 Å². The Labute approximate surface area is 174 Å². The van der Waals surface area contributed by atoms with E-state index in [1.165, 1.54) is 4.31 Å². The van der Waals surface area contributed by atoms with Crippen LogP contribution in [0.15, 0.2) is 29.2 Å². The number of rotatable bonds is 8. The van der Waals surface area contributed by atoms with E-state index in [9.17, 15) is 13.2 Å². The molecule has 0 spiro atoms. The zero-order chi connectivity index (χ0) is 18.3. The standard InChI is InChI=1S/C17H28N4O3S.2ClH/c1-15-4-6-16(7-5-15)25(23,24)21-12-10-20(11-13-21)14-17(22)19-9-3-8-18-2;;/h4-7,18H,3,8-14H2,1-2H3,(H,19,22);2*1H. The van der Waals surface area contributed by atoms with Crippen molar-refractivity contribution in [3.63, 3.8) is 0 Å². The maximum Gasteiger partial charge on any atom is 0.243 e. The lowest BCUT2D eigenvalue weighted by molar-refractivity contribution is -0.122. The molecule has 0 atom stereocenters. The third-order valence-electron chi connectivity index (χ3n) is 4.28. The van der Waals surface area contributed by atoms with E-state index in [0.717, 1.165) is 18.5 Å². The van der Waals surface area contributed by atoms with Gasteiger partial charge in [0.05, 0.1) is 11.4 Å². The van der Waals surface area contributed by atoms with Crippen LogP contribution in [-0.4, -0.2) is 76.4 Å². The first kappa shape index (κ1) is 26.1. The van der Waals surface area contributed by atoms with E-state index in [4.69, 9.17) is 0 Å². The molecule has 0 unspecified atom stereocenters. The molecular weight excluding hydrogens is 411 g/mol. The summed E-state index contributed by atoms with van der Waals surface area (Å²) in [5.41, 5.74) is 1.03. The number of aryl methyl sites for hydroxylation is 1. The Balaban J connectivity index is 0.00000338. The summed E-state index contributed by atoms with van der Waals surface area (Å²) < 4.78 is 26.8. The van der Waals surface area contributed by atoms with Crippen molar-refractivity contribution in [1.82, 2.24) is 19.8 Å². The minimum Gasteiger partial charge on any atom is -0.355 e. The Hall–Kier alpha value is -0.900. The highest BCUT2D eigenvalue weighted by molar-refractivity contribution is 7.89. The summed E-state index contributed by atoms with van der Waals surface area (Å²) in [7, 11) is -1.57. The normalized spacial score (nSPS) is 15.5. The SMILES string of the molecule is CNCCCNC(=O)CN1CCN(S(=O)(=O)c2ccc(C)cc2)CC1.Cl.Cl. The second-order valence-electron chi connectivity index (χ2n) is 6.30. The number of amides is 1. The summed E-state index contributed by atoms with van der Waals surface area (Å²) in [5.74, 6) is -0.00838. The number of carbonyl (C=O) groups is 1. The summed E-state index contributed by atoms with van der Waals surface area (Å²) in [6.45, 7) is 5.71. The summed E-state index contributed by atoms with van der Waals surface area (Å²) >= 11 is 0. The number of nitrogens with one attached hydrogen (secondary N) is 2. The van der Waals surface area contributed by atoms with Crippen molar-refractivity contribution in [1.29, 1.82) is 0 Å². The Morgan fingerprint density at radius 3 is 2.19 bits per heavy atom. The van der Waals surface area contributed by atoms with Crippen LogP contribution in [-0.2, 0) is 14.8 Å². The minimum absolute atomic E-state index is 0. The fraction of sp³-hybridized carbons (Fsp3) is 0.588. The van der Waals surface area contributed by atoms with E-state index >= 15 is 0 Å². The molecule has 1 aliphatic rings. The minimum atomic E-state index is -3.45. The summed E-state index contributed by atoms with van der Waals surface area (Å²) in [6.07, 6.45) is 0.894. The van der Waals surface area contributed by atoms with Gasteiger partial charge in [0.1, 0.15) is 0 Å². The van der Waals surface area contributed by atoms with Crippen LogP contribution in [0.1, 0.15) is 12.0 Å². The highest BCUT2D eigenvalue weighted by atomic mass is 35.5. The lowest BCUT2D eigenvalue weighted by atomic mass is 10.2. The van der Waals surface area contributed by atoms with Gasteiger partial charge in [-0.2, -0.15) is 4.31 Å². The smallest absolute Gasteiger partial charge is 0.243 e. The molecule has 0 saturated carbocycles. The predicted octanol–water partition coefficient (Wildman–Crippen LogP) is 0.871. The van der Waals surface area contributed by atoms with Crippen molar-refractivity contribution in [3.8, 4) is 0 Å². The molecule has 2 rings (SSSR count). The van der Waals surface area contributed by atoms with E-state index < -0.39 is 10.0 Å². The molecule has 156 valence electrons. The van der Waals surface area contributed by atoms with E-state index in [-0.39, 0.29) is 30.7 Å². The molecule has 1 saturated heterocycles. The number of nitrogens with zero attached hydrogens (tertiary/aromatic N) is 2. The molecule has 0 radical (unpaired) electrons. The molecule has 1 amide bonds. The van der Waals surface area contributed by atoms with E-state index in [0.29, 0.717) is 44.2 Å². The number of carbonyl (C=O) groups excluding carboxylic acids is 1. The number of halogens is 2. The van der Waals surface area contributed by atoms with Gasteiger partial charge >= 0.3 is 0 Å². The van der Waals surface area contributed by atoms with Gasteiger partial charge in [0, 0.05) is 32.7 Å². The fourth-order valence-electron chi connectivity index (χ4n) is 2.74. The maximum atomic E-state index is 12.7. The molecule has 0 bridgehead atoms. The second kappa shape index (κ2) is 12.5. The van der Waals surface area contributed by atoms with Gasteiger partial charge in [-0.05, 0) is 39.1 Å². The molecule has 27 heavy (non-hydrogen) atoms. The van der Waals surface area contributed by atoms with E-state index in [2.05, 4.69) is 10.6 Å². The van der Waals surface area contributed by atoms with Crippen molar-refractivity contribution in [2.45, 2.75) is 18.2 Å². The van der Waals surface area contributed by atoms with Crippen molar-refractivity contribution < 1.29 is 13.2 Å². The van der Waals surface area contributed by atoms with Crippen LogP contribution in [0.3, 0.4) is 0 Å². The first-order valence-electron chi connectivity index (χ1n) is 8.64. The largest absolute Gasteiger partial charge is 0.355 e. The first-order valence-corrected chi connectivity index (χ1v) is 10.1. The number of hydrogen-bond donors (Lipinski definition) is 2. The third-order valence-corrected chi connectivity index (χ3v) is 6.20. The maximum absolute atomic E-state index is 12.7. The van der Waals surface area contributed by atoms with Crippen molar-refractivity contribution >= 4 is 40.7 Å². The Morgan fingerprint density at radius 2 is 1.63 bits per heavy atom. The van der Waals surface area contributed by atoms with Crippen LogP contribution in [0.4, 0.5) is 0 Å². The van der Waals surface area contributed by atoms with Gasteiger partial charge in [0.25, 0.3) is 0 Å². The molecule has 0 aromatic heterocycles. The molecule has 2 N–H and O–H groups in total. The van der Waals surface area contributed by atoms with Crippen molar-refractivity contribution in [2.24, 2.45) is 0 Å². The quantitative estimate of drug-likeness (QED) is 0.586. The molecule has 1 heterocycles. The van der Waals surface area contributed by atoms with Gasteiger partial charge in [0.15, 0.2) is 0 Å². The van der Waals surface area contributed by atoms with Gasteiger partial charge in [-0.25, -0.2) is 8.42 Å². The summed E-state index contributed by atoms with van der Waals surface area (Å²) in [4.78, 5) is 14.2. The van der Waals surface area contributed by atoms with Crippen LogP contribution < -0.4 is 10.6 Å². The molecule has 10 heteroatoms. The lowest BCUT2D eigenvalue weighted by Crippen LogP contribution is -2.51. The van der Waals surface area contributed by atoms with Crippen LogP contribution in [0.2, 0.25) is 0 Å². The van der Waals surface area contributed by atoms with Crippen LogP contribution in [0.25, 0.3) is 0 Å². The van der Waals surface area contributed by atoms with E-state index in [1.54, 1.807) is 12.1 Å². The molecule has 0 aliphatic carbocycles. The average molecular weight is 441 g/mol. The first-order chi connectivity index (χ1) is 11.9. The molecule has 7 nitrogen and oxygen atoms in total. The van der Waals surface area contributed by atoms with Gasteiger partial charge in [-0.3, -0.25) is 9.69 Å². The lowest BCUT2D eigenvalue weighted by Gasteiger charge is -2.33. The molecular formula is C17H30Cl2N4O3S. The van der Waals surface area contributed by atoms with E-state index in [1.807, 2.05) is 31.0 Å². The number of hydrogen-bond acceptors (Lipinski definition) is 5. The van der Waals surface area contributed by atoms with Gasteiger partial charge in [-0.1, -0.05) is 17.7 Å². The molecule has 1 aliphatic heterocycles. The zero-order valence-corrected chi connectivity index (χ0v) is 18.3. The third kappa shape index (κ3) is 7.93. The fourth-order valence-corrected chi connectivity index (χ4v) is 4.16. The molecule has 1 fully saturated rings. The average Bonchev–Trinajstić information content (AvgIpc) is 2.60. The monoisotopic (exact) mass is 440 g/mol. The number of piperazine rings is 1. The summed E-state index contributed by atoms with van der Waals surface area (Å²) in [5, 5.41) is 5.92. The van der Waals surface area contributed by atoms with Crippen LogP contribution >= 0.6 is 24.8 Å². The van der Waals surface area contributed by atoms with Crippen LogP contribution in [0.5, 0.6) is 0 Å². The Bertz CT molecular complexity index is 663. The number of benzene rings is 1. The highest BCUT2D eigenvalue weighted by Gasteiger charge is 2.28. The van der Waals surface area contributed by atoms with Gasteiger partial charge < -0.3 is 10.6 Å². The Morgan fingerprint density at radius 1 is 1.04 bits per heavy atom. The Kier molecular flexibility index (Phi) is 12.1. The summed E-state index contributed by atoms with van der Waals surface area (Å²) in [6, 6.07) is 6.91. The molecule has 1 aromatic rings. The predicted molar refractivity (Wildman–Crippen MR) is 112 cm³/mol. The second-order valence-corrected chi connectivity index (χ2v) is 8.24. The van der Waals surface area contributed by atoms with Crippen molar-refractivity contribution in [3.05, 3.63) is 29.8 Å². The van der Waals surface area contributed by atoms with Crippen LogP contribution in [0, 0.1) is 6.92 Å². The molecule has 1 aromatic carbocycles. The van der Waals surface area contributed by atoms with Crippen molar-refractivity contribution in [2.75, 3.05) is 52.9 Å². The highest BCUT2D eigenvalue weighted by Crippen LogP contribution is 2.18. The van der Waals surface area contributed by atoms with Gasteiger partial charge in [0.2, 0.25) is 15.9 Å². The number of sulfonamides is 1.